The van der Waals surface area contributed by atoms with Crippen molar-refractivity contribution in [3.05, 3.63) is 54.2 Å². The fourth-order valence-electron chi connectivity index (χ4n) is 3.51. The van der Waals surface area contributed by atoms with Gasteiger partial charge in [0.1, 0.15) is 12.4 Å². The lowest BCUT2D eigenvalue weighted by molar-refractivity contribution is -0.122. The first kappa shape index (κ1) is 19.2. The number of furan rings is 1. The summed E-state index contributed by atoms with van der Waals surface area (Å²) < 4.78 is 12.6. The first-order valence-electron chi connectivity index (χ1n) is 9.85. The van der Waals surface area contributed by atoms with Crippen LogP contribution in [0.2, 0.25) is 0 Å². The molecule has 3 aromatic rings. The van der Waals surface area contributed by atoms with Crippen molar-refractivity contribution in [1.29, 1.82) is 0 Å². The SMILES string of the molecule is O=C(Cn1c(CCNC(=O)c2ccco2)nc2ccccc21)NCC1CCCO1. The van der Waals surface area contributed by atoms with Gasteiger partial charge < -0.3 is 24.4 Å². The number of amides is 2. The van der Waals surface area contributed by atoms with E-state index in [1.165, 1.54) is 6.26 Å². The number of nitrogens with zero attached hydrogens (tertiary/aromatic N) is 2. The van der Waals surface area contributed by atoms with Crippen LogP contribution in [-0.4, -0.2) is 47.2 Å². The van der Waals surface area contributed by atoms with Gasteiger partial charge in [-0.05, 0) is 37.1 Å². The molecule has 2 aromatic heterocycles. The topological polar surface area (TPSA) is 98.4 Å². The first-order valence-corrected chi connectivity index (χ1v) is 9.85. The molecule has 1 saturated heterocycles. The van der Waals surface area contributed by atoms with Gasteiger partial charge in [0, 0.05) is 26.1 Å². The van der Waals surface area contributed by atoms with E-state index in [9.17, 15) is 9.59 Å². The summed E-state index contributed by atoms with van der Waals surface area (Å²) in [4.78, 5) is 29.2. The van der Waals surface area contributed by atoms with Gasteiger partial charge in [0.25, 0.3) is 5.91 Å². The normalized spacial score (nSPS) is 16.2. The molecule has 1 aliphatic rings. The number of aromatic nitrogens is 2. The highest BCUT2D eigenvalue weighted by molar-refractivity contribution is 5.91. The smallest absolute Gasteiger partial charge is 0.286 e. The maximum atomic E-state index is 12.5. The molecule has 8 heteroatoms. The lowest BCUT2D eigenvalue weighted by atomic mass is 10.2. The summed E-state index contributed by atoms with van der Waals surface area (Å²) >= 11 is 0. The van der Waals surface area contributed by atoms with Crippen molar-refractivity contribution in [2.24, 2.45) is 0 Å². The van der Waals surface area contributed by atoms with Gasteiger partial charge in [-0.15, -0.1) is 0 Å². The van der Waals surface area contributed by atoms with Crippen molar-refractivity contribution >= 4 is 22.8 Å². The van der Waals surface area contributed by atoms with Crippen molar-refractivity contribution in [3.8, 4) is 0 Å². The van der Waals surface area contributed by atoms with E-state index in [1.54, 1.807) is 12.1 Å². The summed E-state index contributed by atoms with van der Waals surface area (Å²) in [5.41, 5.74) is 1.72. The minimum atomic E-state index is -0.271. The summed E-state index contributed by atoms with van der Waals surface area (Å²) in [5, 5.41) is 5.77. The number of nitrogens with one attached hydrogen (secondary N) is 2. The average Bonchev–Trinajstić information content (AvgIpc) is 3.48. The summed E-state index contributed by atoms with van der Waals surface area (Å²) in [6, 6.07) is 11.0. The molecular weight excluding hydrogens is 372 g/mol. The standard InChI is InChI=1S/C21H24N4O4/c26-20(23-13-15-5-3-11-28-15)14-25-17-7-2-1-6-16(17)24-19(25)9-10-22-21(27)18-8-4-12-29-18/h1-2,4,6-8,12,15H,3,5,9-11,13-14H2,(H,22,27)(H,23,26). The van der Waals surface area contributed by atoms with Crippen LogP contribution in [0, 0.1) is 0 Å². The Balaban J connectivity index is 1.41. The van der Waals surface area contributed by atoms with Gasteiger partial charge in [0.15, 0.2) is 5.76 Å². The minimum absolute atomic E-state index is 0.0791. The maximum Gasteiger partial charge on any atom is 0.286 e. The van der Waals surface area contributed by atoms with Crippen molar-refractivity contribution in [2.45, 2.75) is 31.9 Å². The number of imidazole rings is 1. The van der Waals surface area contributed by atoms with Crippen LogP contribution in [0.3, 0.4) is 0 Å². The molecule has 0 radical (unpaired) electrons. The Bertz CT molecular complexity index is 974. The third-order valence-corrected chi connectivity index (χ3v) is 4.97. The highest BCUT2D eigenvalue weighted by Crippen LogP contribution is 2.16. The van der Waals surface area contributed by atoms with Crippen LogP contribution in [0.15, 0.2) is 47.1 Å². The summed E-state index contributed by atoms with van der Waals surface area (Å²) in [6.45, 7) is 1.86. The lowest BCUT2D eigenvalue weighted by Gasteiger charge is -2.13. The molecule has 0 aliphatic carbocycles. The molecule has 2 amide bonds. The van der Waals surface area contributed by atoms with E-state index in [-0.39, 0.29) is 30.2 Å². The van der Waals surface area contributed by atoms with E-state index >= 15 is 0 Å². The minimum Gasteiger partial charge on any atom is -0.459 e. The number of ether oxygens (including phenoxy) is 1. The maximum absolute atomic E-state index is 12.5. The molecule has 1 aliphatic heterocycles. The van der Waals surface area contributed by atoms with Gasteiger partial charge >= 0.3 is 0 Å². The molecule has 8 nitrogen and oxygen atoms in total. The molecule has 3 heterocycles. The van der Waals surface area contributed by atoms with Crippen molar-refractivity contribution < 1.29 is 18.7 Å². The Morgan fingerprint density at radius 1 is 1.17 bits per heavy atom. The molecule has 4 rings (SSSR count). The number of hydrogen-bond donors (Lipinski definition) is 2. The van der Waals surface area contributed by atoms with Crippen molar-refractivity contribution in [2.75, 3.05) is 19.7 Å². The number of hydrogen-bond acceptors (Lipinski definition) is 5. The molecule has 0 bridgehead atoms. The Hall–Kier alpha value is -3.13. The molecular formula is C21H24N4O4. The molecule has 152 valence electrons. The van der Waals surface area contributed by atoms with E-state index < -0.39 is 0 Å². The summed E-state index contributed by atoms with van der Waals surface area (Å²) in [6.07, 6.45) is 4.09. The second-order valence-electron chi connectivity index (χ2n) is 7.03. The molecule has 1 unspecified atom stereocenters. The van der Waals surface area contributed by atoms with Crippen LogP contribution in [0.5, 0.6) is 0 Å². The van der Waals surface area contributed by atoms with Crippen LogP contribution in [0.1, 0.15) is 29.2 Å². The summed E-state index contributed by atoms with van der Waals surface area (Å²) in [5.74, 6) is 0.668. The van der Waals surface area contributed by atoms with Crippen LogP contribution in [0.25, 0.3) is 11.0 Å². The number of rotatable bonds is 8. The van der Waals surface area contributed by atoms with Gasteiger partial charge in [-0.2, -0.15) is 0 Å². The lowest BCUT2D eigenvalue weighted by Crippen LogP contribution is -2.34. The van der Waals surface area contributed by atoms with E-state index in [0.29, 0.717) is 19.5 Å². The second kappa shape index (κ2) is 8.91. The molecule has 1 fully saturated rings. The Morgan fingerprint density at radius 3 is 2.86 bits per heavy atom. The number of benzene rings is 1. The van der Waals surface area contributed by atoms with Crippen LogP contribution < -0.4 is 10.6 Å². The van der Waals surface area contributed by atoms with Gasteiger partial charge in [-0.3, -0.25) is 9.59 Å². The Kier molecular flexibility index (Phi) is 5.90. The molecule has 2 N–H and O–H groups in total. The number of para-hydroxylation sites is 2. The molecule has 0 saturated carbocycles. The number of fused-ring (bicyclic) bond motifs is 1. The fourth-order valence-corrected chi connectivity index (χ4v) is 3.51. The Morgan fingerprint density at radius 2 is 2.07 bits per heavy atom. The first-order chi connectivity index (χ1) is 14.2. The molecule has 1 aromatic carbocycles. The van der Waals surface area contributed by atoms with E-state index in [4.69, 9.17) is 9.15 Å². The largest absolute Gasteiger partial charge is 0.459 e. The van der Waals surface area contributed by atoms with Gasteiger partial charge in [-0.25, -0.2) is 4.98 Å². The van der Waals surface area contributed by atoms with E-state index in [2.05, 4.69) is 15.6 Å². The van der Waals surface area contributed by atoms with Gasteiger partial charge in [0.05, 0.1) is 23.4 Å². The second-order valence-corrected chi connectivity index (χ2v) is 7.03. The monoisotopic (exact) mass is 396 g/mol. The van der Waals surface area contributed by atoms with Crippen LogP contribution in [0.4, 0.5) is 0 Å². The van der Waals surface area contributed by atoms with Crippen molar-refractivity contribution in [1.82, 2.24) is 20.2 Å². The fraction of sp³-hybridized carbons (Fsp3) is 0.381. The highest BCUT2D eigenvalue weighted by Gasteiger charge is 2.18. The zero-order chi connectivity index (χ0) is 20.1. The van der Waals surface area contributed by atoms with Crippen LogP contribution >= 0.6 is 0 Å². The quantitative estimate of drug-likeness (QED) is 0.606. The number of carbonyl (C=O) groups excluding carboxylic acids is 2. The number of carbonyl (C=O) groups is 2. The zero-order valence-electron chi connectivity index (χ0n) is 16.1. The summed E-state index contributed by atoms with van der Waals surface area (Å²) in [7, 11) is 0. The molecule has 1 atom stereocenters. The van der Waals surface area contributed by atoms with Crippen molar-refractivity contribution in [3.63, 3.8) is 0 Å². The molecule has 0 spiro atoms. The van der Waals surface area contributed by atoms with Crippen LogP contribution in [-0.2, 0) is 22.5 Å². The van der Waals surface area contributed by atoms with Gasteiger partial charge in [0.2, 0.25) is 5.91 Å². The molecule has 29 heavy (non-hydrogen) atoms. The van der Waals surface area contributed by atoms with E-state index in [1.807, 2.05) is 28.8 Å². The third kappa shape index (κ3) is 4.65. The Labute approximate surface area is 168 Å². The predicted octanol–water partition coefficient (Wildman–Crippen LogP) is 1.90. The average molecular weight is 396 g/mol. The highest BCUT2D eigenvalue weighted by atomic mass is 16.5. The predicted molar refractivity (Wildman–Crippen MR) is 106 cm³/mol. The van der Waals surface area contributed by atoms with E-state index in [0.717, 1.165) is 36.3 Å². The zero-order valence-corrected chi connectivity index (χ0v) is 16.1. The third-order valence-electron chi connectivity index (χ3n) is 4.97. The van der Waals surface area contributed by atoms with Gasteiger partial charge in [-0.1, -0.05) is 12.1 Å².